The van der Waals surface area contributed by atoms with Gasteiger partial charge < -0.3 is 15.0 Å². The van der Waals surface area contributed by atoms with Gasteiger partial charge in [-0.2, -0.15) is 0 Å². The molecule has 2 aromatic rings. The van der Waals surface area contributed by atoms with Crippen molar-refractivity contribution < 1.29 is 18.7 Å². The maximum Gasteiger partial charge on any atom is 0.258 e. The summed E-state index contributed by atoms with van der Waals surface area (Å²) in [5.74, 6) is -0.110. The van der Waals surface area contributed by atoms with Gasteiger partial charge >= 0.3 is 0 Å². The van der Waals surface area contributed by atoms with Crippen molar-refractivity contribution in [2.75, 3.05) is 18.4 Å². The number of piperidine rings is 1. The van der Waals surface area contributed by atoms with E-state index in [0.29, 0.717) is 17.5 Å². The number of carbonyl (C=O) groups is 2. The predicted octanol–water partition coefficient (Wildman–Crippen LogP) is 4.95. The van der Waals surface area contributed by atoms with Crippen LogP contribution in [0.2, 0.25) is 0 Å². The maximum atomic E-state index is 13.9. The van der Waals surface area contributed by atoms with Crippen molar-refractivity contribution in [2.45, 2.75) is 50.7 Å². The second kappa shape index (κ2) is 9.02. The number of hydrogen-bond acceptors (Lipinski definition) is 3. The van der Waals surface area contributed by atoms with Gasteiger partial charge in [-0.05, 0) is 55.5 Å². The molecule has 5 rings (SSSR count). The first kappa shape index (κ1) is 21.1. The van der Waals surface area contributed by atoms with Crippen LogP contribution in [-0.4, -0.2) is 35.9 Å². The van der Waals surface area contributed by atoms with Crippen LogP contribution >= 0.6 is 0 Å². The van der Waals surface area contributed by atoms with Crippen LogP contribution in [0, 0.1) is 17.7 Å². The SMILES string of the molecule is O=C(Nc1cccc(C2CC3CN(C(=O)C4CCCC4)CCC3O2)c1)c1ccccc1F. The van der Waals surface area contributed by atoms with E-state index in [2.05, 4.69) is 10.2 Å². The van der Waals surface area contributed by atoms with Crippen LogP contribution in [0.3, 0.4) is 0 Å². The lowest BCUT2D eigenvalue weighted by Crippen LogP contribution is -2.46. The fourth-order valence-corrected chi connectivity index (χ4v) is 5.46. The van der Waals surface area contributed by atoms with Crippen molar-refractivity contribution in [3.63, 3.8) is 0 Å². The Morgan fingerprint density at radius 2 is 1.84 bits per heavy atom. The van der Waals surface area contributed by atoms with E-state index in [1.807, 2.05) is 18.2 Å². The van der Waals surface area contributed by atoms with Gasteiger partial charge in [0.05, 0.1) is 17.8 Å². The van der Waals surface area contributed by atoms with Crippen LogP contribution in [-0.2, 0) is 9.53 Å². The van der Waals surface area contributed by atoms with Crippen LogP contribution in [0.4, 0.5) is 10.1 Å². The van der Waals surface area contributed by atoms with E-state index in [1.54, 1.807) is 18.2 Å². The van der Waals surface area contributed by atoms with Gasteiger partial charge in [-0.1, -0.05) is 37.1 Å². The molecule has 1 N–H and O–H groups in total. The first-order valence-corrected chi connectivity index (χ1v) is 11.7. The Kier molecular flexibility index (Phi) is 5.96. The van der Waals surface area contributed by atoms with Crippen molar-refractivity contribution in [3.05, 3.63) is 65.5 Å². The zero-order valence-corrected chi connectivity index (χ0v) is 18.1. The fourth-order valence-electron chi connectivity index (χ4n) is 5.46. The summed E-state index contributed by atoms with van der Waals surface area (Å²) in [4.78, 5) is 27.4. The molecule has 0 bridgehead atoms. The molecule has 168 valence electrons. The third kappa shape index (κ3) is 4.29. The van der Waals surface area contributed by atoms with Crippen LogP contribution in [0.25, 0.3) is 0 Å². The molecule has 0 radical (unpaired) electrons. The minimum absolute atomic E-state index is 0.0214. The summed E-state index contributed by atoms with van der Waals surface area (Å²) >= 11 is 0. The Morgan fingerprint density at radius 1 is 1.03 bits per heavy atom. The molecule has 2 saturated heterocycles. The Hall–Kier alpha value is -2.73. The summed E-state index contributed by atoms with van der Waals surface area (Å²) in [5.41, 5.74) is 1.64. The number of hydrogen-bond donors (Lipinski definition) is 1. The van der Waals surface area contributed by atoms with Crippen molar-refractivity contribution in [3.8, 4) is 0 Å². The standard InChI is InChI=1S/C26H29FN2O3/c27-22-11-4-3-10-21(22)25(30)28-20-9-5-8-18(14-20)24-15-19-16-29(13-12-23(19)32-24)26(31)17-6-1-2-7-17/h3-5,8-11,14,17,19,23-24H,1-2,6-7,12-13,15-16H2,(H,28,30). The van der Waals surface area contributed by atoms with Crippen LogP contribution in [0.1, 0.15) is 60.6 Å². The largest absolute Gasteiger partial charge is 0.370 e. The zero-order chi connectivity index (χ0) is 22.1. The van der Waals surface area contributed by atoms with Crippen molar-refractivity contribution in [1.82, 2.24) is 4.90 Å². The van der Waals surface area contributed by atoms with Gasteiger partial charge in [0.25, 0.3) is 5.91 Å². The molecule has 0 spiro atoms. The molecule has 1 aliphatic carbocycles. The molecular formula is C26H29FN2O3. The number of nitrogens with one attached hydrogen (secondary N) is 1. The third-order valence-corrected chi connectivity index (χ3v) is 7.17. The lowest BCUT2D eigenvalue weighted by molar-refractivity contribution is -0.138. The van der Waals surface area contributed by atoms with E-state index in [9.17, 15) is 14.0 Å². The summed E-state index contributed by atoms with van der Waals surface area (Å²) in [6.07, 6.45) is 6.27. The van der Waals surface area contributed by atoms with E-state index >= 15 is 0 Å². The van der Waals surface area contributed by atoms with E-state index < -0.39 is 11.7 Å². The fraction of sp³-hybridized carbons (Fsp3) is 0.462. The molecule has 3 aliphatic rings. The highest BCUT2D eigenvalue weighted by Crippen LogP contribution is 2.42. The first-order chi connectivity index (χ1) is 15.6. The molecule has 1 saturated carbocycles. The number of likely N-dealkylation sites (tertiary alicyclic amines) is 1. The summed E-state index contributed by atoms with van der Waals surface area (Å²) in [5, 5.41) is 2.79. The molecule has 3 unspecified atom stereocenters. The highest BCUT2D eigenvalue weighted by molar-refractivity contribution is 6.04. The van der Waals surface area contributed by atoms with E-state index in [4.69, 9.17) is 4.74 Å². The number of benzene rings is 2. The van der Waals surface area contributed by atoms with Crippen LogP contribution in [0.5, 0.6) is 0 Å². The average molecular weight is 437 g/mol. The zero-order valence-electron chi connectivity index (χ0n) is 18.1. The third-order valence-electron chi connectivity index (χ3n) is 7.17. The van der Waals surface area contributed by atoms with E-state index in [1.165, 1.54) is 25.0 Å². The Bertz CT molecular complexity index is 1000. The molecule has 3 atom stereocenters. The van der Waals surface area contributed by atoms with Gasteiger partial charge in [-0.15, -0.1) is 0 Å². The molecule has 5 nitrogen and oxygen atoms in total. The minimum Gasteiger partial charge on any atom is -0.370 e. The quantitative estimate of drug-likeness (QED) is 0.738. The summed E-state index contributed by atoms with van der Waals surface area (Å²) in [6.45, 7) is 1.56. The lowest BCUT2D eigenvalue weighted by atomic mass is 9.90. The second-order valence-corrected chi connectivity index (χ2v) is 9.27. The Morgan fingerprint density at radius 3 is 2.66 bits per heavy atom. The summed E-state index contributed by atoms with van der Waals surface area (Å²) < 4.78 is 20.3. The number of nitrogens with zero attached hydrogens (tertiary/aromatic N) is 1. The molecule has 2 heterocycles. The van der Waals surface area contributed by atoms with E-state index in [-0.39, 0.29) is 23.7 Å². The van der Waals surface area contributed by atoms with Gasteiger partial charge in [0.15, 0.2) is 0 Å². The average Bonchev–Trinajstić information content (AvgIpc) is 3.49. The summed E-state index contributed by atoms with van der Waals surface area (Å²) in [7, 11) is 0. The van der Waals surface area contributed by atoms with Crippen molar-refractivity contribution >= 4 is 17.5 Å². The van der Waals surface area contributed by atoms with Crippen molar-refractivity contribution in [2.24, 2.45) is 11.8 Å². The number of anilines is 1. The number of carbonyl (C=O) groups excluding carboxylic acids is 2. The number of fused-ring (bicyclic) bond motifs is 1. The highest BCUT2D eigenvalue weighted by Gasteiger charge is 2.41. The van der Waals surface area contributed by atoms with Gasteiger partial charge in [-0.3, -0.25) is 9.59 Å². The van der Waals surface area contributed by atoms with Gasteiger partial charge in [0.1, 0.15) is 5.82 Å². The topological polar surface area (TPSA) is 58.6 Å². The maximum absolute atomic E-state index is 13.9. The van der Waals surface area contributed by atoms with Gasteiger partial charge in [0.2, 0.25) is 5.91 Å². The molecule has 6 heteroatoms. The predicted molar refractivity (Wildman–Crippen MR) is 120 cm³/mol. The van der Waals surface area contributed by atoms with Crippen molar-refractivity contribution in [1.29, 1.82) is 0 Å². The van der Waals surface area contributed by atoms with Gasteiger partial charge in [-0.25, -0.2) is 4.39 Å². The summed E-state index contributed by atoms with van der Waals surface area (Å²) in [6, 6.07) is 13.5. The molecule has 0 aromatic heterocycles. The number of halogens is 1. The highest BCUT2D eigenvalue weighted by atomic mass is 19.1. The normalized spacial score (nSPS) is 25.5. The van der Waals surface area contributed by atoms with Crippen LogP contribution in [0.15, 0.2) is 48.5 Å². The number of rotatable bonds is 4. The molecule has 3 fully saturated rings. The molecule has 32 heavy (non-hydrogen) atoms. The minimum atomic E-state index is -0.541. The monoisotopic (exact) mass is 436 g/mol. The smallest absolute Gasteiger partial charge is 0.258 e. The Balaban J connectivity index is 1.23. The molecule has 2 aromatic carbocycles. The first-order valence-electron chi connectivity index (χ1n) is 11.7. The number of ether oxygens (including phenoxy) is 1. The molecule has 2 aliphatic heterocycles. The lowest BCUT2D eigenvalue weighted by Gasteiger charge is -2.35. The molecule has 2 amide bonds. The van der Waals surface area contributed by atoms with E-state index in [0.717, 1.165) is 44.3 Å². The Labute approximate surface area is 187 Å². The second-order valence-electron chi connectivity index (χ2n) is 9.27. The van der Waals surface area contributed by atoms with Gasteiger partial charge in [0, 0.05) is 30.6 Å². The molecular weight excluding hydrogens is 407 g/mol. The number of amides is 2. The van der Waals surface area contributed by atoms with Crippen LogP contribution < -0.4 is 5.32 Å².